The highest BCUT2D eigenvalue weighted by Gasteiger charge is 2.26. The van der Waals surface area contributed by atoms with Gasteiger partial charge in [-0.1, -0.05) is 42.5 Å². The van der Waals surface area contributed by atoms with Gasteiger partial charge in [-0.05, 0) is 86.7 Å². The smallest absolute Gasteiger partial charge is 0.271 e. The van der Waals surface area contributed by atoms with E-state index in [0.717, 1.165) is 46.8 Å². The summed E-state index contributed by atoms with van der Waals surface area (Å²) in [6.45, 7) is 3.40. The molecule has 48 heavy (non-hydrogen) atoms. The number of halogens is 1. The lowest BCUT2D eigenvalue weighted by atomic mass is 9.91. The lowest BCUT2D eigenvalue weighted by molar-refractivity contribution is 0.0888. The first-order valence-corrected chi connectivity index (χ1v) is 16.1. The molecule has 0 atom stereocenters. The number of hydrogen-bond donors (Lipinski definition) is 3. The van der Waals surface area contributed by atoms with Crippen LogP contribution < -0.4 is 15.4 Å². The number of aromatic nitrogens is 3. The largest absolute Gasteiger partial charge is 0.438 e. The average Bonchev–Trinajstić information content (AvgIpc) is 3.53. The summed E-state index contributed by atoms with van der Waals surface area (Å²) in [5, 5.41) is 15.2. The minimum atomic E-state index is -0.639. The Balaban J connectivity index is 1.06. The Labute approximate surface area is 278 Å². The second-order valence-electron chi connectivity index (χ2n) is 12.3. The molecule has 0 unspecified atom stereocenters. The van der Waals surface area contributed by atoms with Crippen LogP contribution in [0.25, 0.3) is 16.8 Å². The number of carbonyl (C=O) groups is 2. The number of pyridine rings is 2. The van der Waals surface area contributed by atoms with E-state index in [4.69, 9.17) is 9.84 Å². The van der Waals surface area contributed by atoms with Crippen molar-refractivity contribution in [2.45, 2.75) is 51.2 Å². The number of ether oxygens (including phenoxy) is 1. The predicted molar refractivity (Wildman–Crippen MR) is 180 cm³/mol. The van der Waals surface area contributed by atoms with Gasteiger partial charge in [0.25, 0.3) is 11.8 Å². The number of benzene rings is 2. The molecule has 11 heteroatoms. The van der Waals surface area contributed by atoms with Crippen LogP contribution in [0.5, 0.6) is 11.6 Å². The number of nitrogens with one attached hydrogen (secondary N) is 2. The summed E-state index contributed by atoms with van der Waals surface area (Å²) in [4.78, 5) is 36.9. The van der Waals surface area contributed by atoms with E-state index in [1.54, 1.807) is 12.3 Å². The van der Waals surface area contributed by atoms with E-state index in [2.05, 4.69) is 20.6 Å². The van der Waals surface area contributed by atoms with Crippen LogP contribution in [-0.4, -0.2) is 68.5 Å². The predicted octanol–water partition coefficient (Wildman–Crippen LogP) is 5.53. The van der Waals surface area contributed by atoms with Gasteiger partial charge < -0.3 is 24.9 Å². The third kappa shape index (κ3) is 7.87. The van der Waals surface area contributed by atoms with Gasteiger partial charge in [-0.25, -0.2) is 14.4 Å². The van der Waals surface area contributed by atoms with Crippen LogP contribution in [-0.2, 0) is 6.54 Å². The van der Waals surface area contributed by atoms with Gasteiger partial charge in [0.05, 0.1) is 12.8 Å². The third-order valence-corrected chi connectivity index (χ3v) is 8.66. The molecule has 2 amide bonds. The number of imidazole rings is 1. The van der Waals surface area contributed by atoms with Gasteiger partial charge in [0, 0.05) is 37.1 Å². The summed E-state index contributed by atoms with van der Waals surface area (Å²) < 4.78 is 22.2. The van der Waals surface area contributed by atoms with E-state index in [-0.39, 0.29) is 36.0 Å². The number of rotatable bonds is 11. The Morgan fingerprint density at radius 1 is 0.958 bits per heavy atom. The van der Waals surface area contributed by atoms with Gasteiger partial charge in [-0.3, -0.25) is 14.5 Å². The van der Waals surface area contributed by atoms with Crippen molar-refractivity contribution in [3.63, 3.8) is 0 Å². The van der Waals surface area contributed by atoms with Gasteiger partial charge in [-0.15, -0.1) is 0 Å². The van der Waals surface area contributed by atoms with Gasteiger partial charge in [0.1, 0.15) is 28.5 Å². The number of aliphatic hydroxyl groups is 1. The maximum atomic E-state index is 14.3. The molecule has 3 aromatic heterocycles. The molecule has 5 aromatic rings. The molecule has 3 N–H and O–H groups in total. The normalized spacial score (nSPS) is 16.2. The van der Waals surface area contributed by atoms with E-state index >= 15 is 0 Å². The molecule has 1 fully saturated rings. The van der Waals surface area contributed by atoms with Crippen LogP contribution in [0.4, 0.5) is 4.39 Å². The number of hydrogen-bond acceptors (Lipinski definition) is 7. The SMILES string of the molecule is Cc1cccc2nc(C(=O)N[C@H]3CC[C@H](NC(=O)c4cc(F)cnc4Oc4cccc(-c5ccc(CN(C)CCO)cc5)c4)CC3)cn12. The first-order valence-electron chi connectivity index (χ1n) is 16.1. The Bertz CT molecular complexity index is 1900. The fourth-order valence-electron chi connectivity index (χ4n) is 6.05. The van der Waals surface area contributed by atoms with Crippen molar-refractivity contribution in [3.8, 4) is 22.8 Å². The highest BCUT2D eigenvalue weighted by molar-refractivity contribution is 5.96. The summed E-state index contributed by atoms with van der Waals surface area (Å²) in [5.74, 6) is -0.857. The van der Waals surface area contributed by atoms with Gasteiger partial charge in [-0.2, -0.15) is 0 Å². The summed E-state index contributed by atoms with van der Waals surface area (Å²) in [6.07, 6.45) is 5.44. The monoisotopic (exact) mass is 650 g/mol. The van der Waals surface area contributed by atoms with Gasteiger partial charge in [0.15, 0.2) is 0 Å². The van der Waals surface area contributed by atoms with Crippen molar-refractivity contribution in [2.24, 2.45) is 0 Å². The zero-order chi connectivity index (χ0) is 33.6. The molecule has 0 radical (unpaired) electrons. The summed E-state index contributed by atoms with van der Waals surface area (Å²) >= 11 is 0. The fourth-order valence-corrected chi connectivity index (χ4v) is 6.05. The van der Waals surface area contributed by atoms with E-state index in [9.17, 15) is 14.0 Å². The number of likely N-dealkylation sites (N-methyl/N-ethyl adjacent to an activating group) is 1. The van der Waals surface area contributed by atoms with Crippen LogP contribution in [0.1, 0.15) is 57.8 Å². The van der Waals surface area contributed by atoms with Gasteiger partial charge >= 0.3 is 0 Å². The summed E-state index contributed by atoms with van der Waals surface area (Å²) in [5.41, 5.74) is 5.12. The number of fused-ring (bicyclic) bond motifs is 1. The molecule has 3 heterocycles. The van der Waals surface area contributed by atoms with Crippen LogP contribution in [0, 0.1) is 12.7 Å². The van der Waals surface area contributed by atoms with Crippen LogP contribution >= 0.6 is 0 Å². The maximum Gasteiger partial charge on any atom is 0.271 e. The van der Waals surface area contributed by atoms with E-state index in [1.165, 1.54) is 0 Å². The molecule has 0 saturated heterocycles. The Hall–Kier alpha value is -5.13. The molecule has 2 aromatic carbocycles. The first-order chi connectivity index (χ1) is 23.2. The van der Waals surface area contributed by atoms with Crippen molar-refractivity contribution in [3.05, 3.63) is 114 Å². The zero-order valence-electron chi connectivity index (χ0n) is 27.0. The second-order valence-corrected chi connectivity index (χ2v) is 12.3. The minimum Gasteiger partial charge on any atom is -0.438 e. The van der Waals surface area contributed by atoms with Crippen molar-refractivity contribution in [1.29, 1.82) is 0 Å². The standard InChI is InChI=1S/C37H39FN6O4/c1-24-5-3-8-34-42-33(23-44(24)34)36(47)41-30-15-13-29(14-16-30)40-35(46)32-20-28(38)21-39-37(32)48-31-7-4-6-27(19-31)26-11-9-25(10-12-26)22-43(2)17-18-45/h3-12,19-21,23,29-30,45H,13-18,22H2,1-2H3,(H,40,46)(H,41,47)/t29-,30-. The molecule has 0 aliphatic heterocycles. The van der Waals surface area contributed by atoms with Crippen molar-refractivity contribution >= 4 is 17.5 Å². The van der Waals surface area contributed by atoms with E-state index < -0.39 is 11.7 Å². The molecule has 6 rings (SSSR count). The molecule has 1 aliphatic rings. The molecule has 1 saturated carbocycles. The lowest BCUT2D eigenvalue weighted by Crippen LogP contribution is -2.44. The van der Waals surface area contributed by atoms with Gasteiger partial charge in [0.2, 0.25) is 5.88 Å². The number of amides is 2. The fraction of sp³-hybridized carbons (Fsp3) is 0.297. The number of nitrogens with zero attached hydrogens (tertiary/aromatic N) is 4. The molecule has 248 valence electrons. The lowest BCUT2D eigenvalue weighted by Gasteiger charge is -2.29. The van der Waals surface area contributed by atoms with Crippen LogP contribution in [0.15, 0.2) is 85.2 Å². The highest BCUT2D eigenvalue weighted by Crippen LogP contribution is 2.29. The van der Waals surface area contributed by atoms with Crippen molar-refractivity contribution < 1.29 is 23.8 Å². The summed E-state index contributed by atoms with van der Waals surface area (Å²) in [7, 11) is 1.96. The Morgan fingerprint density at radius 3 is 2.38 bits per heavy atom. The Kier molecular flexibility index (Phi) is 10.1. The van der Waals surface area contributed by atoms with Crippen molar-refractivity contribution in [1.82, 2.24) is 29.9 Å². The third-order valence-electron chi connectivity index (χ3n) is 8.66. The minimum absolute atomic E-state index is 0.00863. The molecular weight excluding hydrogens is 611 g/mol. The molecule has 1 aliphatic carbocycles. The molecular formula is C37H39FN6O4. The number of aliphatic hydroxyl groups excluding tert-OH is 1. The Morgan fingerprint density at radius 2 is 1.67 bits per heavy atom. The topological polar surface area (TPSA) is 121 Å². The summed E-state index contributed by atoms with van der Waals surface area (Å²) in [6, 6.07) is 22.2. The van der Waals surface area contributed by atoms with E-state index in [1.807, 2.05) is 83.9 Å². The number of aryl methyl sites for hydroxylation is 1. The highest BCUT2D eigenvalue weighted by atomic mass is 19.1. The molecule has 0 bridgehead atoms. The second kappa shape index (κ2) is 14.7. The first kappa shape index (κ1) is 32.8. The van der Waals surface area contributed by atoms with E-state index in [0.29, 0.717) is 43.7 Å². The molecule has 0 spiro atoms. The zero-order valence-corrected chi connectivity index (χ0v) is 27.0. The number of carbonyl (C=O) groups excluding carboxylic acids is 2. The van der Waals surface area contributed by atoms with Crippen molar-refractivity contribution in [2.75, 3.05) is 20.2 Å². The quantitative estimate of drug-likeness (QED) is 0.172. The maximum absolute atomic E-state index is 14.3. The average molecular weight is 651 g/mol. The van der Waals surface area contributed by atoms with Crippen LogP contribution in [0.3, 0.4) is 0 Å². The molecule has 10 nitrogen and oxygen atoms in total. The van der Waals surface area contributed by atoms with Crippen LogP contribution in [0.2, 0.25) is 0 Å².